The Balaban J connectivity index is 1.64. The van der Waals surface area contributed by atoms with Crippen LogP contribution in [0.5, 0.6) is 0 Å². The molecule has 2 aromatic carbocycles. The molecule has 0 bridgehead atoms. The number of thiazole rings is 1. The highest BCUT2D eigenvalue weighted by atomic mass is 32.1. The van der Waals surface area contributed by atoms with E-state index in [2.05, 4.69) is 15.6 Å². The van der Waals surface area contributed by atoms with Gasteiger partial charge in [0.25, 0.3) is 17.5 Å². The lowest BCUT2D eigenvalue weighted by Gasteiger charge is -2.04. The Hall–Kier alpha value is -4.31. The van der Waals surface area contributed by atoms with Gasteiger partial charge in [-0.05, 0) is 25.1 Å². The third-order valence-electron chi connectivity index (χ3n) is 4.46. The minimum absolute atomic E-state index is 0.118. The number of carbonyl (C=O) groups is 2. The molecule has 9 nitrogen and oxygen atoms in total. The van der Waals surface area contributed by atoms with Crippen molar-refractivity contribution in [2.45, 2.75) is 6.92 Å². The van der Waals surface area contributed by atoms with Crippen LogP contribution in [0.3, 0.4) is 0 Å². The average Bonchev–Trinajstić information content (AvgIpc) is 3.45. The molecule has 0 aliphatic carbocycles. The molecule has 0 saturated heterocycles. The van der Waals surface area contributed by atoms with E-state index < -0.39 is 16.7 Å². The number of aryl methyl sites for hydroxylation is 1. The van der Waals surface area contributed by atoms with E-state index in [9.17, 15) is 19.7 Å². The zero-order chi connectivity index (χ0) is 22.7. The van der Waals surface area contributed by atoms with E-state index in [1.165, 1.54) is 36.6 Å². The van der Waals surface area contributed by atoms with Crippen molar-refractivity contribution in [2.75, 3.05) is 10.6 Å². The van der Waals surface area contributed by atoms with Crippen molar-refractivity contribution in [3.8, 4) is 11.3 Å². The van der Waals surface area contributed by atoms with Crippen LogP contribution in [-0.4, -0.2) is 21.7 Å². The Bertz CT molecular complexity index is 1300. The second-order valence-corrected chi connectivity index (χ2v) is 7.75. The third-order valence-corrected chi connectivity index (χ3v) is 5.35. The normalized spacial score (nSPS) is 10.5. The number of aromatic nitrogens is 1. The number of carbonyl (C=O) groups excluding carboxylic acids is 2. The Morgan fingerprint density at radius 1 is 1.03 bits per heavy atom. The van der Waals surface area contributed by atoms with Gasteiger partial charge >= 0.3 is 0 Å². The number of rotatable bonds is 6. The van der Waals surface area contributed by atoms with Crippen molar-refractivity contribution in [1.82, 2.24) is 4.98 Å². The van der Waals surface area contributed by atoms with Crippen molar-refractivity contribution < 1.29 is 18.9 Å². The molecule has 10 heteroatoms. The number of nitrogens with one attached hydrogen (secondary N) is 2. The van der Waals surface area contributed by atoms with Crippen LogP contribution in [0.25, 0.3) is 11.3 Å². The molecule has 0 aliphatic rings. The quantitative estimate of drug-likeness (QED) is 0.311. The topological polar surface area (TPSA) is 127 Å². The Labute approximate surface area is 185 Å². The maximum absolute atomic E-state index is 12.6. The van der Waals surface area contributed by atoms with E-state index >= 15 is 0 Å². The first-order valence-corrected chi connectivity index (χ1v) is 10.2. The summed E-state index contributed by atoms with van der Waals surface area (Å²) in [6.07, 6.45) is 1.40. The number of nitrogens with zero attached hydrogens (tertiary/aromatic N) is 2. The lowest BCUT2D eigenvalue weighted by Crippen LogP contribution is -2.11. The standard InChI is InChI=1S/C22H16N4O5S/c1-13-7-9-14(10-8-13)18-21(24-20(28)17-6-3-11-31-17)32-22(23-18)25-19(27)15-4-2-5-16(12-15)26(29)30/h2-12H,1H3,(H,24,28)(H,23,25,27). The van der Waals surface area contributed by atoms with Gasteiger partial charge < -0.3 is 9.73 Å². The molecule has 32 heavy (non-hydrogen) atoms. The number of nitro groups is 1. The van der Waals surface area contributed by atoms with Gasteiger partial charge in [-0.2, -0.15) is 0 Å². The van der Waals surface area contributed by atoms with E-state index in [1.807, 2.05) is 31.2 Å². The number of non-ortho nitro benzene ring substituents is 1. The minimum atomic E-state index is -0.571. The van der Waals surface area contributed by atoms with Crippen molar-refractivity contribution in [2.24, 2.45) is 0 Å². The summed E-state index contributed by atoms with van der Waals surface area (Å²) in [6.45, 7) is 1.95. The summed E-state index contributed by atoms with van der Waals surface area (Å²) in [5.41, 5.74) is 2.21. The average molecular weight is 448 g/mol. The van der Waals surface area contributed by atoms with Crippen LogP contribution in [0.2, 0.25) is 0 Å². The van der Waals surface area contributed by atoms with E-state index in [1.54, 1.807) is 6.07 Å². The third kappa shape index (κ3) is 4.55. The molecule has 0 unspecified atom stereocenters. The van der Waals surface area contributed by atoms with E-state index in [4.69, 9.17) is 4.42 Å². The van der Waals surface area contributed by atoms with Crippen molar-refractivity contribution in [3.05, 3.63) is 93.9 Å². The molecule has 0 radical (unpaired) electrons. The van der Waals surface area contributed by atoms with Crippen molar-refractivity contribution in [1.29, 1.82) is 0 Å². The second-order valence-electron chi connectivity index (χ2n) is 6.76. The SMILES string of the molecule is Cc1ccc(-c2nc(NC(=O)c3cccc([N+](=O)[O-])c3)sc2NC(=O)c2ccco2)cc1. The first-order valence-electron chi connectivity index (χ1n) is 9.39. The van der Waals surface area contributed by atoms with Gasteiger partial charge in [0.2, 0.25) is 0 Å². The maximum atomic E-state index is 12.6. The first kappa shape index (κ1) is 20.9. The first-order chi connectivity index (χ1) is 15.4. The molecule has 2 aromatic heterocycles. The van der Waals surface area contributed by atoms with Gasteiger partial charge in [0.1, 0.15) is 10.7 Å². The molecule has 160 valence electrons. The number of furan rings is 1. The highest BCUT2D eigenvalue weighted by Gasteiger charge is 2.20. The highest BCUT2D eigenvalue weighted by molar-refractivity contribution is 7.20. The molecule has 0 saturated carbocycles. The van der Waals surface area contributed by atoms with Gasteiger partial charge in [0.15, 0.2) is 10.9 Å². The van der Waals surface area contributed by atoms with Gasteiger partial charge in [-0.15, -0.1) is 0 Å². The number of hydrogen-bond donors (Lipinski definition) is 2. The molecule has 2 heterocycles. The zero-order valence-corrected chi connectivity index (χ0v) is 17.5. The largest absolute Gasteiger partial charge is 0.459 e. The van der Waals surface area contributed by atoms with Crippen LogP contribution in [0.1, 0.15) is 26.5 Å². The summed E-state index contributed by atoms with van der Waals surface area (Å²) in [7, 11) is 0. The summed E-state index contributed by atoms with van der Waals surface area (Å²) >= 11 is 1.07. The van der Waals surface area contributed by atoms with E-state index in [0.717, 1.165) is 22.5 Å². The molecule has 0 spiro atoms. The monoisotopic (exact) mass is 448 g/mol. The molecular weight excluding hydrogens is 432 g/mol. The number of amides is 2. The lowest BCUT2D eigenvalue weighted by molar-refractivity contribution is -0.384. The maximum Gasteiger partial charge on any atom is 0.292 e. The molecule has 0 fully saturated rings. The number of benzene rings is 2. The predicted octanol–water partition coefficient (Wildman–Crippen LogP) is 5.12. The molecule has 4 rings (SSSR count). The molecule has 0 aliphatic heterocycles. The van der Waals surface area contributed by atoms with Gasteiger partial charge in [-0.1, -0.05) is 47.2 Å². The van der Waals surface area contributed by atoms with E-state index in [0.29, 0.717) is 10.7 Å². The van der Waals surface area contributed by atoms with Crippen molar-refractivity contribution >= 4 is 39.0 Å². The summed E-state index contributed by atoms with van der Waals surface area (Å²) in [5.74, 6) is -0.874. The zero-order valence-electron chi connectivity index (χ0n) is 16.7. The van der Waals surface area contributed by atoms with Crippen LogP contribution in [0.15, 0.2) is 71.3 Å². The van der Waals surface area contributed by atoms with Crippen LogP contribution >= 0.6 is 11.3 Å². The van der Waals surface area contributed by atoms with Gasteiger partial charge in [0, 0.05) is 23.3 Å². The number of anilines is 2. The molecule has 2 amide bonds. The van der Waals surface area contributed by atoms with Gasteiger partial charge in [-0.3, -0.25) is 25.0 Å². The van der Waals surface area contributed by atoms with Gasteiger partial charge in [0.05, 0.1) is 11.2 Å². The summed E-state index contributed by atoms with van der Waals surface area (Å²) in [5, 5.41) is 17.0. The van der Waals surface area contributed by atoms with Crippen LogP contribution in [-0.2, 0) is 0 Å². The molecule has 0 atom stereocenters. The molecule has 2 N–H and O–H groups in total. The van der Waals surface area contributed by atoms with Crippen molar-refractivity contribution in [3.63, 3.8) is 0 Å². The number of hydrogen-bond acceptors (Lipinski definition) is 7. The summed E-state index contributed by atoms with van der Waals surface area (Å²) in [6, 6.07) is 16.1. The van der Waals surface area contributed by atoms with Crippen LogP contribution in [0.4, 0.5) is 15.8 Å². The number of nitro benzene ring substituents is 1. The molecular formula is C22H16N4O5S. The Morgan fingerprint density at radius 3 is 2.50 bits per heavy atom. The predicted molar refractivity (Wildman–Crippen MR) is 120 cm³/mol. The minimum Gasteiger partial charge on any atom is -0.459 e. The fourth-order valence-corrected chi connectivity index (χ4v) is 3.75. The lowest BCUT2D eigenvalue weighted by atomic mass is 10.1. The fraction of sp³-hybridized carbons (Fsp3) is 0.0455. The second kappa shape index (κ2) is 8.82. The van der Waals surface area contributed by atoms with E-state index in [-0.39, 0.29) is 22.1 Å². The fourth-order valence-electron chi connectivity index (χ4n) is 2.87. The highest BCUT2D eigenvalue weighted by Crippen LogP contribution is 2.36. The summed E-state index contributed by atoms with van der Waals surface area (Å²) < 4.78 is 5.14. The van der Waals surface area contributed by atoms with Gasteiger partial charge in [-0.25, -0.2) is 4.98 Å². The van der Waals surface area contributed by atoms with Crippen LogP contribution in [0, 0.1) is 17.0 Å². The smallest absolute Gasteiger partial charge is 0.292 e. The summed E-state index contributed by atoms with van der Waals surface area (Å²) in [4.78, 5) is 40.0. The Morgan fingerprint density at radius 2 is 1.81 bits per heavy atom. The molecule has 4 aromatic rings. The van der Waals surface area contributed by atoms with Crippen LogP contribution < -0.4 is 10.6 Å². The Kier molecular flexibility index (Phi) is 5.77.